The van der Waals surface area contributed by atoms with Crippen LogP contribution in [0.2, 0.25) is 0 Å². The summed E-state index contributed by atoms with van der Waals surface area (Å²) in [6.45, 7) is 0.581. The van der Waals surface area contributed by atoms with Gasteiger partial charge in [-0.25, -0.2) is 0 Å². The van der Waals surface area contributed by atoms with Crippen molar-refractivity contribution in [1.82, 2.24) is 10.3 Å². The Bertz CT molecular complexity index is 1170. The maximum absolute atomic E-state index is 12.4. The number of rotatable bonds is 7. The largest absolute Gasteiger partial charge is 0.497 e. The monoisotopic (exact) mass is 480 g/mol. The van der Waals surface area contributed by atoms with Gasteiger partial charge in [-0.05, 0) is 54.1 Å². The van der Waals surface area contributed by atoms with Crippen LogP contribution >= 0.6 is 27.7 Å². The molecule has 30 heavy (non-hydrogen) atoms. The average Bonchev–Trinajstić information content (AvgIpc) is 3.15. The molecule has 0 aliphatic carbocycles. The first kappa shape index (κ1) is 20.6. The molecule has 0 spiro atoms. The summed E-state index contributed by atoms with van der Waals surface area (Å²) in [5, 5.41) is 4.19. The van der Waals surface area contributed by atoms with Gasteiger partial charge in [0, 0.05) is 38.1 Å². The number of H-pyrrole nitrogens is 1. The minimum atomic E-state index is -0.0637. The van der Waals surface area contributed by atoms with Crippen molar-refractivity contribution < 1.29 is 9.53 Å². The van der Waals surface area contributed by atoms with Crippen LogP contribution in [0.4, 0.5) is 0 Å². The lowest BCUT2D eigenvalue weighted by Crippen LogP contribution is -2.25. The molecule has 0 bridgehead atoms. The maximum atomic E-state index is 12.4. The van der Waals surface area contributed by atoms with Gasteiger partial charge in [0.05, 0.1) is 12.8 Å². The van der Waals surface area contributed by atoms with Crippen LogP contribution in [0.25, 0.3) is 22.2 Å². The van der Waals surface area contributed by atoms with Crippen LogP contribution in [0.1, 0.15) is 10.4 Å². The summed E-state index contributed by atoms with van der Waals surface area (Å²) in [5.74, 6) is 1.54. The molecular formula is C24H21BrN2O2S. The second-order valence-electron chi connectivity index (χ2n) is 6.72. The van der Waals surface area contributed by atoms with Crippen LogP contribution in [-0.4, -0.2) is 30.3 Å². The van der Waals surface area contributed by atoms with E-state index in [4.69, 9.17) is 4.74 Å². The van der Waals surface area contributed by atoms with Crippen LogP contribution in [0.3, 0.4) is 0 Å². The molecule has 1 heterocycles. The Kier molecular flexibility index (Phi) is 6.45. The molecule has 2 N–H and O–H groups in total. The van der Waals surface area contributed by atoms with Crippen molar-refractivity contribution >= 4 is 44.5 Å². The quantitative estimate of drug-likeness (QED) is 0.247. The molecule has 0 atom stereocenters. The van der Waals surface area contributed by atoms with Crippen molar-refractivity contribution in [3.8, 4) is 17.0 Å². The summed E-state index contributed by atoms with van der Waals surface area (Å²) in [6, 6.07) is 23.7. The zero-order valence-corrected chi connectivity index (χ0v) is 18.8. The molecule has 4 aromatic rings. The van der Waals surface area contributed by atoms with Crippen molar-refractivity contribution in [3.63, 3.8) is 0 Å². The van der Waals surface area contributed by atoms with Crippen LogP contribution in [0.15, 0.2) is 82.2 Å². The zero-order valence-electron chi connectivity index (χ0n) is 16.4. The molecule has 0 aliphatic heterocycles. The summed E-state index contributed by atoms with van der Waals surface area (Å²) < 4.78 is 6.18. The molecular weight excluding hydrogens is 460 g/mol. The summed E-state index contributed by atoms with van der Waals surface area (Å²) in [6.07, 6.45) is 0. The summed E-state index contributed by atoms with van der Waals surface area (Å²) >= 11 is 5.15. The van der Waals surface area contributed by atoms with E-state index in [0.717, 1.165) is 32.7 Å². The lowest BCUT2D eigenvalue weighted by molar-refractivity contribution is 0.0956. The van der Waals surface area contributed by atoms with E-state index in [1.54, 1.807) is 18.9 Å². The third kappa shape index (κ3) is 4.55. The van der Waals surface area contributed by atoms with Crippen LogP contribution in [0.5, 0.6) is 5.75 Å². The van der Waals surface area contributed by atoms with Crippen LogP contribution < -0.4 is 10.1 Å². The topological polar surface area (TPSA) is 54.1 Å². The van der Waals surface area contributed by atoms with Crippen molar-refractivity contribution in [2.45, 2.75) is 4.90 Å². The fourth-order valence-electron chi connectivity index (χ4n) is 3.28. The van der Waals surface area contributed by atoms with Gasteiger partial charge in [-0.2, -0.15) is 0 Å². The lowest BCUT2D eigenvalue weighted by atomic mass is 10.1. The first-order valence-corrected chi connectivity index (χ1v) is 11.4. The van der Waals surface area contributed by atoms with Gasteiger partial charge in [0.1, 0.15) is 5.75 Å². The number of thioether (sulfide) groups is 1. The van der Waals surface area contributed by atoms with E-state index in [2.05, 4.69) is 50.5 Å². The molecule has 1 aromatic heterocycles. The van der Waals surface area contributed by atoms with Gasteiger partial charge < -0.3 is 15.0 Å². The third-order valence-electron chi connectivity index (χ3n) is 4.76. The van der Waals surface area contributed by atoms with E-state index < -0.39 is 0 Å². The molecule has 4 rings (SSSR count). The molecule has 3 aromatic carbocycles. The van der Waals surface area contributed by atoms with E-state index >= 15 is 0 Å². The number of para-hydroxylation sites is 1. The minimum Gasteiger partial charge on any atom is -0.497 e. The van der Waals surface area contributed by atoms with Gasteiger partial charge in [-0.15, -0.1) is 11.8 Å². The third-order valence-corrected chi connectivity index (χ3v) is 6.37. The Labute approximate surface area is 188 Å². The second-order valence-corrected chi connectivity index (χ2v) is 8.74. The number of methoxy groups -OCH3 is 1. The highest BCUT2D eigenvalue weighted by molar-refractivity contribution is 9.10. The Morgan fingerprint density at radius 1 is 1.07 bits per heavy atom. The fourth-order valence-corrected chi connectivity index (χ4v) is 4.73. The summed E-state index contributed by atoms with van der Waals surface area (Å²) in [4.78, 5) is 17.1. The number of ether oxygens (including phenoxy) is 1. The van der Waals surface area contributed by atoms with Crippen molar-refractivity contribution in [2.24, 2.45) is 0 Å². The van der Waals surface area contributed by atoms with Gasteiger partial charge in [0.2, 0.25) is 0 Å². The van der Waals surface area contributed by atoms with E-state index in [1.165, 1.54) is 10.3 Å². The number of hydrogen-bond acceptors (Lipinski definition) is 3. The molecule has 0 saturated heterocycles. The number of fused-ring (bicyclic) bond motifs is 1. The van der Waals surface area contributed by atoms with E-state index in [0.29, 0.717) is 12.1 Å². The molecule has 0 unspecified atom stereocenters. The highest BCUT2D eigenvalue weighted by atomic mass is 79.9. The number of carbonyl (C=O) groups excluding carboxylic acids is 1. The van der Waals surface area contributed by atoms with Crippen LogP contribution in [-0.2, 0) is 0 Å². The average molecular weight is 481 g/mol. The highest BCUT2D eigenvalue weighted by Crippen LogP contribution is 2.38. The number of benzene rings is 3. The number of carbonyl (C=O) groups is 1. The van der Waals surface area contributed by atoms with Crippen LogP contribution in [0, 0.1) is 0 Å². The Morgan fingerprint density at radius 2 is 1.87 bits per heavy atom. The predicted octanol–water partition coefficient (Wildman–Crippen LogP) is 6.13. The van der Waals surface area contributed by atoms with E-state index in [-0.39, 0.29) is 5.91 Å². The molecule has 0 fully saturated rings. The standard InChI is InChI=1S/C24H21BrN2O2S/c1-29-19-11-9-16(10-12-19)22-23(20-7-2-3-8-21(20)27-22)30-14-13-26-24(28)17-5-4-6-18(25)15-17/h2-12,15,27H,13-14H2,1H3,(H,26,28). The molecule has 1 amide bonds. The van der Waals surface area contributed by atoms with Gasteiger partial charge in [0.25, 0.3) is 5.91 Å². The number of nitrogens with one attached hydrogen (secondary N) is 2. The fraction of sp³-hybridized carbons (Fsp3) is 0.125. The summed E-state index contributed by atoms with van der Waals surface area (Å²) in [5.41, 5.74) is 3.94. The maximum Gasteiger partial charge on any atom is 0.251 e. The van der Waals surface area contributed by atoms with Gasteiger partial charge in [-0.1, -0.05) is 40.2 Å². The molecule has 0 saturated carbocycles. The van der Waals surface area contributed by atoms with Gasteiger partial charge >= 0.3 is 0 Å². The SMILES string of the molecule is COc1ccc(-c2[nH]c3ccccc3c2SCCNC(=O)c2cccc(Br)c2)cc1. The van der Waals surface area contributed by atoms with Gasteiger partial charge in [-0.3, -0.25) is 4.79 Å². The zero-order chi connectivity index (χ0) is 20.9. The molecule has 6 heteroatoms. The first-order chi connectivity index (χ1) is 14.7. The normalized spacial score (nSPS) is 10.9. The number of amides is 1. The number of halogens is 1. The Balaban J connectivity index is 1.49. The lowest BCUT2D eigenvalue weighted by Gasteiger charge is -2.08. The van der Waals surface area contributed by atoms with E-state index in [1.807, 2.05) is 48.5 Å². The highest BCUT2D eigenvalue weighted by Gasteiger charge is 2.14. The predicted molar refractivity (Wildman–Crippen MR) is 127 cm³/mol. The number of aromatic nitrogens is 1. The molecule has 0 aliphatic rings. The molecule has 152 valence electrons. The molecule has 4 nitrogen and oxygen atoms in total. The molecule has 0 radical (unpaired) electrons. The minimum absolute atomic E-state index is 0.0637. The van der Waals surface area contributed by atoms with Crippen molar-refractivity contribution in [3.05, 3.63) is 82.8 Å². The second kappa shape index (κ2) is 9.41. The number of hydrogen-bond donors (Lipinski definition) is 2. The van der Waals surface area contributed by atoms with Gasteiger partial charge in [0.15, 0.2) is 0 Å². The van der Waals surface area contributed by atoms with E-state index in [9.17, 15) is 4.79 Å². The Hall–Kier alpha value is -2.70. The number of aromatic amines is 1. The Morgan fingerprint density at radius 3 is 2.63 bits per heavy atom. The van der Waals surface area contributed by atoms with Crippen molar-refractivity contribution in [2.75, 3.05) is 19.4 Å². The van der Waals surface area contributed by atoms with Crippen molar-refractivity contribution in [1.29, 1.82) is 0 Å². The smallest absolute Gasteiger partial charge is 0.251 e. The first-order valence-electron chi connectivity index (χ1n) is 9.57. The summed E-state index contributed by atoms with van der Waals surface area (Å²) in [7, 11) is 1.67.